The minimum absolute atomic E-state index is 0.0521. The van der Waals surface area contributed by atoms with Gasteiger partial charge < -0.3 is 9.88 Å². The standard InChI is InChI=1S/C31H32FN3O/c1-22-7-6-10-28(19-22)35-23(2)29(20-30(35)25-11-13-26(32)14-12-25)31(36)33-27-15-17-34(18-16-27)21-24-8-4-3-5-9-24/h3-14,19-20,27H,15-18,21H2,1-2H3,(H,33,36). The molecule has 3 aromatic carbocycles. The second-order valence-corrected chi connectivity index (χ2v) is 9.72. The fourth-order valence-corrected chi connectivity index (χ4v) is 5.11. The van der Waals surface area contributed by atoms with E-state index in [-0.39, 0.29) is 17.8 Å². The zero-order valence-corrected chi connectivity index (χ0v) is 20.9. The van der Waals surface area contributed by atoms with E-state index in [2.05, 4.69) is 58.1 Å². The summed E-state index contributed by atoms with van der Waals surface area (Å²) in [7, 11) is 0. The summed E-state index contributed by atoms with van der Waals surface area (Å²) in [6.45, 7) is 6.90. The van der Waals surface area contributed by atoms with Gasteiger partial charge in [0.05, 0.1) is 11.3 Å². The van der Waals surface area contributed by atoms with Crippen LogP contribution in [0.3, 0.4) is 0 Å². The maximum Gasteiger partial charge on any atom is 0.253 e. The molecule has 0 aliphatic carbocycles. The molecule has 0 radical (unpaired) electrons. The highest BCUT2D eigenvalue weighted by Crippen LogP contribution is 2.30. The van der Waals surface area contributed by atoms with Crippen LogP contribution >= 0.6 is 0 Å². The third-order valence-electron chi connectivity index (χ3n) is 7.06. The van der Waals surface area contributed by atoms with Crippen LogP contribution in [0.1, 0.15) is 40.0 Å². The van der Waals surface area contributed by atoms with Crippen molar-refractivity contribution in [2.45, 2.75) is 39.3 Å². The van der Waals surface area contributed by atoms with Crippen molar-refractivity contribution in [2.75, 3.05) is 13.1 Å². The van der Waals surface area contributed by atoms with Crippen molar-refractivity contribution in [2.24, 2.45) is 0 Å². The van der Waals surface area contributed by atoms with Crippen LogP contribution in [0.2, 0.25) is 0 Å². The zero-order valence-electron chi connectivity index (χ0n) is 20.9. The smallest absolute Gasteiger partial charge is 0.253 e. The Balaban J connectivity index is 1.35. The Morgan fingerprint density at radius 1 is 0.917 bits per heavy atom. The number of hydrogen-bond acceptors (Lipinski definition) is 2. The number of piperidine rings is 1. The van der Waals surface area contributed by atoms with Gasteiger partial charge in [-0.1, -0.05) is 42.5 Å². The highest BCUT2D eigenvalue weighted by Gasteiger charge is 2.24. The van der Waals surface area contributed by atoms with Crippen LogP contribution in [0.25, 0.3) is 16.9 Å². The summed E-state index contributed by atoms with van der Waals surface area (Å²) < 4.78 is 15.7. The summed E-state index contributed by atoms with van der Waals surface area (Å²) in [5.41, 5.74) is 6.72. The highest BCUT2D eigenvalue weighted by molar-refractivity contribution is 5.97. The second-order valence-electron chi connectivity index (χ2n) is 9.72. The number of nitrogens with one attached hydrogen (secondary N) is 1. The van der Waals surface area contributed by atoms with E-state index in [1.165, 1.54) is 17.7 Å². The second kappa shape index (κ2) is 10.5. The maximum absolute atomic E-state index is 13.6. The Morgan fingerprint density at radius 3 is 2.33 bits per heavy atom. The molecule has 1 N–H and O–H groups in total. The molecule has 1 amide bonds. The molecule has 1 aliphatic heterocycles. The lowest BCUT2D eigenvalue weighted by Gasteiger charge is -2.32. The average molecular weight is 482 g/mol. The number of rotatable bonds is 6. The van der Waals surface area contributed by atoms with Gasteiger partial charge in [0.15, 0.2) is 0 Å². The molecule has 36 heavy (non-hydrogen) atoms. The van der Waals surface area contributed by atoms with Crippen LogP contribution < -0.4 is 5.32 Å². The van der Waals surface area contributed by atoms with Crippen molar-refractivity contribution in [3.05, 3.63) is 113 Å². The summed E-state index contributed by atoms with van der Waals surface area (Å²) >= 11 is 0. The van der Waals surface area contributed by atoms with Crippen LogP contribution in [-0.4, -0.2) is 34.5 Å². The minimum Gasteiger partial charge on any atom is -0.349 e. The highest BCUT2D eigenvalue weighted by atomic mass is 19.1. The molecule has 0 atom stereocenters. The zero-order chi connectivity index (χ0) is 25.1. The molecule has 5 rings (SSSR count). The van der Waals surface area contributed by atoms with Crippen molar-refractivity contribution < 1.29 is 9.18 Å². The molecule has 4 nitrogen and oxygen atoms in total. The molecule has 5 heteroatoms. The summed E-state index contributed by atoms with van der Waals surface area (Å²) in [5.74, 6) is -0.329. The van der Waals surface area contributed by atoms with Crippen LogP contribution in [0, 0.1) is 19.7 Å². The summed E-state index contributed by atoms with van der Waals surface area (Å²) in [6, 6.07) is 27.3. The number of aromatic nitrogens is 1. The minimum atomic E-state index is -0.277. The molecule has 2 heterocycles. The molecule has 1 aliphatic rings. The SMILES string of the molecule is Cc1cccc(-n2c(-c3ccc(F)cc3)cc(C(=O)NC3CCN(Cc4ccccc4)CC3)c2C)c1. The fraction of sp³-hybridized carbons (Fsp3) is 0.258. The Kier molecular flexibility index (Phi) is 7.01. The van der Waals surface area contributed by atoms with E-state index in [1.807, 2.05) is 31.2 Å². The van der Waals surface area contributed by atoms with Gasteiger partial charge in [-0.25, -0.2) is 4.39 Å². The first-order valence-corrected chi connectivity index (χ1v) is 12.6. The fourth-order valence-electron chi connectivity index (χ4n) is 5.11. The van der Waals surface area contributed by atoms with Gasteiger partial charge in [0, 0.05) is 37.1 Å². The Bertz CT molecular complexity index is 1340. The van der Waals surface area contributed by atoms with Gasteiger partial charge in [-0.3, -0.25) is 9.69 Å². The van der Waals surface area contributed by atoms with Crippen LogP contribution in [0.5, 0.6) is 0 Å². The number of benzene rings is 3. The van der Waals surface area contributed by atoms with E-state index in [0.717, 1.165) is 60.7 Å². The Labute approximate surface area is 212 Å². The molecule has 1 saturated heterocycles. The number of halogens is 1. The Hall–Kier alpha value is -3.70. The lowest BCUT2D eigenvalue weighted by atomic mass is 10.0. The third-order valence-corrected chi connectivity index (χ3v) is 7.06. The molecule has 0 spiro atoms. The number of nitrogens with zero attached hydrogens (tertiary/aromatic N) is 2. The molecule has 0 saturated carbocycles. The van der Waals surface area contributed by atoms with E-state index in [9.17, 15) is 9.18 Å². The molecular formula is C31H32FN3O. The van der Waals surface area contributed by atoms with E-state index in [4.69, 9.17) is 0 Å². The first kappa shape index (κ1) is 24.0. The van der Waals surface area contributed by atoms with Gasteiger partial charge in [0.1, 0.15) is 5.82 Å². The molecule has 1 aromatic heterocycles. The van der Waals surface area contributed by atoms with E-state index in [0.29, 0.717) is 5.56 Å². The number of hydrogen-bond donors (Lipinski definition) is 1. The van der Waals surface area contributed by atoms with Gasteiger partial charge >= 0.3 is 0 Å². The van der Waals surface area contributed by atoms with Crippen molar-refractivity contribution in [3.63, 3.8) is 0 Å². The summed E-state index contributed by atoms with van der Waals surface area (Å²) in [5, 5.41) is 3.29. The molecule has 1 fully saturated rings. The van der Waals surface area contributed by atoms with Crippen LogP contribution in [0.15, 0.2) is 84.9 Å². The Morgan fingerprint density at radius 2 is 1.64 bits per heavy atom. The van der Waals surface area contributed by atoms with Crippen LogP contribution in [0.4, 0.5) is 4.39 Å². The van der Waals surface area contributed by atoms with Gasteiger partial charge in [-0.2, -0.15) is 0 Å². The van der Waals surface area contributed by atoms with Crippen molar-refractivity contribution in [1.29, 1.82) is 0 Å². The van der Waals surface area contributed by atoms with Gasteiger partial charge in [0.25, 0.3) is 5.91 Å². The normalized spacial score (nSPS) is 14.6. The summed E-state index contributed by atoms with van der Waals surface area (Å²) in [6.07, 6.45) is 1.86. The van der Waals surface area contributed by atoms with Gasteiger partial charge in [0.2, 0.25) is 0 Å². The number of aryl methyl sites for hydroxylation is 1. The number of carbonyl (C=O) groups is 1. The lowest BCUT2D eigenvalue weighted by molar-refractivity contribution is 0.0908. The quantitative estimate of drug-likeness (QED) is 0.351. The van der Waals surface area contributed by atoms with Gasteiger partial charge in [-0.05, 0) is 85.8 Å². The van der Waals surface area contributed by atoms with E-state index >= 15 is 0 Å². The van der Waals surface area contributed by atoms with Crippen LogP contribution in [-0.2, 0) is 6.54 Å². The maximum atomic E-state index is 13.6. The number of likely N-dealkylation sites (tertiary alicyclic amines) is 1. The van der Waals surface area contributed by atoms with Crippen molar-refractivity contribution in [3.8, 4) is 16.9 Å². The molecule has 0 bridgehead atoms. The largest absolute Gasteiger partial charge is 0.349 e. The first-order valence-electron chi connectivity index (χ1n) is 12.6. The van der Waals surface area contributed by atoms with E-state index in [1.54, 1.807) is 12.1 Å². The lowest BCUT2D eigenvalue weighted by Crippen LogP contribution is -2.44. The average Bonchev–Trinajstić information content (AvgIpc) is 3.23. The van der Waals surface area contributed by atoms with Crippen molar-refractivity contribution in [1.82, 2.24) is 14.8 Å². The molecule has 0 unspecified atom stereocenters. The molecule has 4 aromatic rings. The predicted octanol–water partition coefficient (Wildman–Crippen LogP) is 6.29. The van der Waals surface area contributed by atoms with Gasteiger partial charge in [-0.15, -0.1) is 0 Å². The first-order chi connectivity index (χ1) is 17.5. The van der Waals surface area contributed by atoms with E-state index < -0.39 is 0 Å². The van der Waals surface area contributed by atoms with Crippen molar-refractivity contribution >= 4 is 5.91 Å². The third kappa shape index (κ3) is 5.26. The topological polar surface area (TPSA) is 37.3 Å². The summed E-state index contributed by atoms with van der Waals surface area (Å²) in [4.78, 5) is 15.9. The number of carbonyl (C=O) groups excluding carboxylic acids is 1. The molecule has 184 valence electrons. The monoisotopic (exact) mass is 481 g/mol. The predicted molar refractivity (Wildman–Crippen MR) is 143 cm³/mol. The molecular weight excluding hydrogens is 449 g/mol. The number of amides is 1.